The molecule has 4 rings (SSSR count). The zero-order chi connectivity index (χ0) is 21.3. The van der Waals surface area contributed by atoms with E-state index in [9.17, 15) is 9.59 Å². The maximum Gasteiger partial charge on any atom is 0.263 e. The molecule has 2 aromatic carbocycles. The molecule has 1 saturated heterocycles. The van der Waals surface area contributed by atoms with E-state index in [0.717, 1.165) is 34.9 Å². The molecule has 1 fully saturated rings. The van der Waals surface area contributed by atoms with Crippen LogP contribution in [0, 0.1) is 6.92 Å². The van der Waals surface area contributed by atoms with Crippen LogP contribution in [0.2, 0.25) is 0 Å². The number of benzene rings is 2. The second-order valence-corrected chi connectivity index (χ2v) is 8.00. The molecule has 2 heterocycles. The molecule has 1 aliphatic heterocycles. The molecule has 2 atom stereocenters. The first kappa shape index (κ1) is 20.2. The lowest BCUT2D eigenvalue weighted by Gasteiger charge is -2.32. The maximum atomic E-state index is 12.7. The van der Waals surface area contributed by atoms with Crippen molar-refractivity contribution in [2.45, 2.75) is 38.8 Å². The average Bonchev–Trinajstić information content (AvgIpc) is 2.74. The number of likely N-dealkylation sites (tertiary alicyclic amines) is 1. The first-order valence-corrected chi connectivity index (χ1v) is 10.4. The summed E-state index contributed by atoms with van der Waals surface area (Å²) < 4.78 is 5.91. The summed E-state index contributed by atoms with van der Waals surface area (Å²) in [7, 11) is 0. The third kappa shape index (κ3) is 3.96. The Morgan fingerprint density at radius 3 is 2.77 bits per heavy atom. The van der Waals surface area contributed by atoms with Gasteiger partial charge >= 0.3 is 0 Å². The molecule has 0 saturated carbocycles. The van der Waals surface area contributed by atoms with Crippen molar-refractivity contribution in [3.63, 3.8) is 0 Å². The number of hydrogen-bond donors (Lipinski definition) is 2. The quantitative estimate of drug-likeness (QED) is 0.698. The van der Waals surface area contributed by atoms with Crippen molar-refractivity contribution in [1.29, 1.82) is 0 Å². The Bertz CT molecular complexity index is 1140. The fraction of sp³-hybridized carbons (Fsp3) is 0.333. The first-order valence-electron chi connectivity index (χ1n) is 10.4. The summed E-state index contributed by atoms with van der Waals surface area (Å²) in [5, 5.41) is 1.38. The monoisotopic (exact) mass is 405 g/mol. The smallest absolute Gasteiger partial charge is 0.263 e. The minimum Gasteiger partial charge on any atom is -0.481 e. The topological polar surface area (TPSA) is 88.4 Å². The fourth-order valence-electron chi connectivity index (χ4n) is 4.13. The Hall–Kier alpha value is -3.12. The molecule has 0 radical (unpaired) electrons. The van der Waals surface area contributed by atoms with Crippen LogP contribution in [0.3, 0.4) is 0 Å². The van der Waals surface area contributed by atoms with E-state index >= 15 is 0 Å². The molecule has 0 spiro atoms. The largest absolute Gasteiger partial charge is 0.481 e. The highest BCUT2D eigenvalue weighted by Gasteiger charge is 2.26. The molecule has 1 aromatic heterocycles. The number of pyridine rings is 1. The molecule has 156 valence electrons. The van der Waals surface area contributed by atoms with E-state index in [4.69, 9.17) is 10.5 Å². The van der Waals surface area contributed by atoms with Crippen LogP contribution in [0.25, 0.3) is 21.9 Å². The van der Waals surface area contributed by atoms with Crippen molar-refractivity contribution in [3.05, 3.63) is 64.6 Å². The zero-order valence-corrected chi connectivity index (χ0v) is 17.4. The van der Waals surface area contributed by atoms with Gasteiger partial charge in [-0.2, -0.15) is 0 Å². The number of piperidine rings is 1. The van der Waals surface area contributed by atoms with Crippen molar-refractivity contribution >= 4 is 16.7 Å². The molecule has 0 unspecified atom stereocenters. The van der Waals surface area contributed by atoms with Crippen molar-refractivity contribution in [1.82, 2.24) is 9.88 Å². The van der Waals surface area contributed by atoms with Crippen molar-refractivity contribution in [2.75, 3.05) is 13.1 Å². The van der Waals surface area contributed by atoms with Gasteiger partial charge in [-0.1, -0.05) is 24.3 Å². The number of aryl methyl sites for hydroxylation is 1. The molecule has 1 amide bonds. The predicted molar refractivity (Wildman–Crippen MR) is 119 cm³/mol. The second kappa shape index (κ2) is 8.32. The molecule has 0 aliphatic carbocycles. The Morgan fingerprint density at radius 1 is 1.20 bits per heavy atom. The van der Waals surface area contributed by atoms with Gasteiger partial charge < -0.3 is 20.4 Å². The predicted octanol–water partition coefficient (Wildman–Crippen LogP) is 3.22. The van der Waals surface area contributed by atoms with Gasteiger partial charge in [-0.15, -0.1) is 0 Å². The van der Waals surface area contributed by atoms with Crippen LogP contribution in [0.5, 0.6) is 5.75 Å². The highest BCUT2D eigenvalue weighted by atomic mass is 16.5. The van der Waals surface area contributed by atoms with Gasteiger partial charge in [-0.05, 0) is 61.4 Å². The summed E-state index contributed by atoms with van der Waals surface area (Å²) >= 11 is 0. The molecule has 3 N–H and O–H groups in total. The summed E-state index contributed by atoms with van der Waals surface area (Å²) in [6, 6.07) is 13.5. The van der Waals surface area contributed by atoms with Crippen molar-refractivity contribution in [2.24, 2.45) is 5.73 Å². The van der Waals surface area contributed by atoms with Crippen LogP contribution in [-0.2, 0) is 4.79 Å². The summed E-state index contributed by atoms with van der Waals surface area (Å²) in [5.74, 6) is 0.421. The summed E-state index contributed by atoms with van der Waals surface area (Å²) in [6.07, 6.45) is 2.95. The number of rotatable bonds is 4. The Kier molecular flexibility index (Phi) is 5.59. The number of carbonyl (C=O) groups is 1. The number of aromatic amines is 1. The third-order valence-corrected chi connectivity index (χ3v) is 5.74. The van der Waals surface area contributed by atoms with E-state index in [0.29, 0.717) is 24.2 Å². The number of amides is 1. The van der Waals surface area contributed by atoms with E-state index in [-0.39, 0.29) is 17.5 Å². The Morgan fingerprint density at radius 2 is 2.00 bits per heavy atom. The number of carbonyl (C=O) groups excluding carboxylic acids is 1. The van der Waals surface area contributed by atoms with Crippen LogP contribution < -0.4 is 16.0 Å². The normalized spacial score (nSPS) is 17.7. The molecular weight excluding hydrogens is 378 g/mol. The third-order valence-electron chi connectivity index (χ3n) is 5.74. The van der Waals surface area contributed by atoms with E-state index < -0.39 is 6.10 Å². The number of nitrogens with zero attached hydrogens (tertiary/aromatic N) is 1. The van der Waals surface area contributed by atoms with Gasteiger partial charge in [0.25, 0.3) is 11.5 Å². The Labute approximate surface area is 175 Å². The first-order chi connectivity index (χ1) is 14.4. The zero-order valence-electron chi connectivity index (χ0n) is 17.4. The van der Waals surface area contributed by atoms with Gasteiger partial charge in [0.05, 0.1) is 5.39 Å². The van der Waals surface area contributed by atoms with Gasteiger partial charge in [0.15, 0.2) is 6.10 Å². The summed E-state index contributed by atoms with van der Waals surface area (Å²) in [5.41, 5.74) is 8.96. The van der Waals surface area contributed by atoms with Crippen LogP contribution in [-0.4, -0.2) is 41.0 Å². The molecule has 0 bridgehead atoms. The number of hydrogen-bond acceptors (Lipinski definition) is 4. The lowest BCUT2D eigenvalue weighted by atomic mass is 9.97. The van der Waals surface area contributed by atoms with Crippen LogP contribution in [0.1, 0.15) is 25.3 Å². The van der Waals surface area contributed by atoms with Gasteiger partial charge in [0, 0.05) is 30.9 Å². The lowest BCUT2D eigenvalue weighted by Crippen LogP contribution is -2.49. The molecule has 6 heteroatoms. The van der Waals surface area contributed by atoms with Gasteiger partial charge in [-0.25, -0.2) is 0 Å². The minimum absolute atomic E-state index is 0.0222. The number of fused-ring (bicyclic) bond motifs is 1. The van der Waals surface area contributed by atoms with Gasteiger partial charge in [0.2, 0.25) is 0 Å². The molecule has 6 nitrogen and oxygen atoms in total. The second-order valence-electron chi connectivity index (χ2n) is 8.00. The highest BCUT2D eigenvalue weighted by molar-refractivity contribution is 5.97. The van der Waals surface area contributed by atoms with E-state index in [2.05, 4.69) is 4.98 Å². The van der Waals surface area contributed by atoms with Crippen molar-refractivity contribution in [3.8, 4) is 16.9 Å². The summed E-state index contributed by atoms with van der Waals surface area (Å²) in [4.78, 5) is 29.8. The molecule has 1 aliphatic rings. The number of H-pyrrole nitrogens is 1. The number of nitrogens with one attached hydrogen (secondary N) is 1. The Balaban J connectivity index is 1.62. The highest BCUT2D eigenvalue weighted by Crippen LogP contribution is 2.30. The molecule has 30 heavy (non-hydrogen) atoms. The molecular formula is C24H27N3O3. The van der Waals surface area contributed by atoms with Crippen LogP contribution in [0.15, 0.2) is 53.5 Å². The van der Waals surface area contributed by atoms with Crippen LogP contribution in [0.4, 0.5) is 0 Å². The van der Waals surface area contributed by atoms with E-state index in [1.165, 1.54) is 0 Å². The van der Waals surface area contributed by atoms with Crippen LogP contribution >= 0.6 is 0 Å². The minimum atomic E-state index is -0.647. The SMILES string of the molecule is Cc1ccccc1-c1c[nH]c(=O)c2cc(O[C@H](C)C(=O)N3CCC[C@H](N)C3)ccc12. The van der Waals surface area contributed by atoms with Crippen molar-refractivity contribution < 1.29 is 9.53 Å². The van der Waals surface area contributed by atoms with E-state index in [1.54, 1.807) is 24.1 Å². The van der Waals surface area contributed by atoms with E-state index in [1.807, 2.05) is 43.3 Å². The molecule has 3 aromatic rings. The number of ether oxygens (including phenoxy) is 1. The summed E-state index contributed by atoms with van der Waals surface area (Å²) in [6.45, 7) is 5.05. The number of aromatic nitrogens is 1. The number of nitrogens with two attached hydrogens (primary N) is 1. The van der Waals surface area contributed by atoms with Gasteiger partial charge in [0.1, 0.15) is 5.75 Å². The lowest BCUT2D eigenvalue weighted by molar-refractivity contribution is -0.139. The average molecular weight is 405 g/mol. The van der Waals surface area contributed by atoms with Gasteiger partial charge in [-0.3, -0.25) is 9.59 Å². The fourth-order valence-corrected chi connectivity index (χ4v) is 4.13. The standard InChI is InChI=1S/C24H27N3O3/c1-15-6-3-4-8-19(15)22-13-26-23(28)21-12-18(9-10-20(21)22)30-16(2)24(29)27-11-5-7-17(25)14-27/h3-4,6,8-10,12-13,16-17H,5,7,11,14,25H2,1-2H3,(H,26,28)/t16-,17+/m1/s1. The maximum absolute atomic E-state index is 12.7.